The Kier molecular flexibility index (Phi) is 3.98. The Morgan fingerprint density at radius 3 is 2.44 bits per heavy atom. The highest BCUT2D eigenvalue weighted by atomic mass is 16.5. The summed E-state index contributed by atoms with van der Waals surface area (Å²) in [5.74, 6) is 1.34. The monoisotopic (exact) mass is 334 g/mol. The minimum atomic E-state index is -0.0304. The highest BCUT2D eigenvalue weighted by molar-refractivity contribution is 6.02. The molecule has 0 atom stereocenters. The van der Waals surface area contributed by atoms with Gasteiger partial charge in [0.2, 0.25) is 0 Å². The van der Waals surface area contributed by atoms with Gasteiger partial charge in [-0.05, 0) is 35.0 Å². The summed E-state index contributed by atoms with van der Waals surface area (Å²) < 4.78 is 11.3. The number of carbonyl (C=O) groups excluding carboxylic acids is 1. The largest absolute Gasteiger partial charge is 0.496 e. The van der Waals surface area contributed by atoms with Crippen LogP contribution in [-0.2, 0) is 0 Å². The molecule has 1 aromatic heterocycles. The van der Waals surface area contributed by atoms with E-state index in [9.17, 15) is 4.79 Å². The molecule has 1 fully saturated rings. The second-order valence-electron chi connectivity index (χ2n) is 6.03. The van der Waals surface area contributed by atoms with Crippen molar-refractivity contribution in [3.05, 3.63) is 66.5 Å². The summed E-state index contributed by atoms with van der Waals surface area (Å²) >= 11 is 0. The molecule has 2 heterocycles. The van der Waals surface area contributed by atoms with Gasteiger partial charge in [0, 0.05) is 12.4 Å². The molecule has 1 saturated heterocycles. The number of rotatable bonds is 4. The van der Waals surface area contributed by atoms with Crippen LogP contribution in [0.5, 0.6) is 11.5 Å². The van der Waals surface area contributed by atoms with Gasteiger partial charge in [-0.2, -0.15) is 0 Å². The first-order valence-corrected chi connectivity index (χ1v) is 8.17. The molecule has 126 valence electrons. The van der Waals surface area contributed by atoms with Crippen molar-refractivity contribution in [3.63, 3.8) is 0 Å². The lowest BCUT2D eigenvalue weighted by Gasteiger charge is -2.39. The fourth-order valence-electron chi connectivity index (χ4n) is 3.01. The van der Waals surface area contributed by atoms with Crippen LogP contribution >= 0.6 is 0 Å². The molecule has 1 amide bonds. The molecule has 2 aromatic carbocycles. The van der Waals surface area contributed by atoms with Gasteiger partial charge in [-0.1, -0.05) is 24.3 Å². The molecule has 5 nitrogen and oxygen atoms in total. The van der Waals surface area contributed by atoms with Gasteiger partial charge in [-0.3, -0.25) is 9.78 Å². The number of pyridine rings is 1. The summed E-state index contributed by atoms with van der Waals surface area (Å²) in [6, 6.07) is 15.4. The third kappa shape index (κ3) is 3.01. The number of hydrogen-bond acceptors (Lipinski definition) is 4. The Bertz CT molecular complexity index is 905. The molecule has 1 aliphatic heterocycles. The fourth-order valence-corrected chi connectivity index (χ4v) is 3.01. The molecular formula is C20H18N2O3. The minimum Gasteiger partial charge on any atom is -0.496 e. The van der Waals surface area contributed by atoms with Crippen LogP contribution in [0.2, 0.25) is 0 Å². The van der Waals surface area contributed by atoms with Gasteiger partial charge in [0.1, 0.15) is 17.6 Å². The maximum atomic E-state index is 12.8. The quantitative estimate of drug-likeness (QED) is 0.735. The van der Waals surface area contributed by atoms with E-state index in [2.05, 4.69) is 4.98 Å². The molecule has 0 N–H and O–H groups in total. The van der Waals surface area contributed by atoms with Crippen molar-refractivity contribution in [2.45, 2.75) is 6.10 Å². The molecule has 0 aliphatic carbocycles. The normalized spacial score (nSPS) is 14.2. The van der Waals surface area contributed by atoms with Gasteiger partial charge in [0.15, 0.2) is 0 Å². The Balaban J connectivity index is 1.49. The number of hydrogen-bond donors (Lipinski definition) is 0. The van der Waals surface area contributed by atoms with Gasteiger partial charge in [-0.15, -0.1) is 0 Å². The van der Waals surface area contributed by atoms with E-state index in [0.717, 1.165) is 16.5 Å². The predicted molar refractivity (Wildman–Crippen MR) is 95.1 cm³/mol. The zero-order valence-corrected chi connectivity index (χ0v) is 13.9. The molecule has 0 radical (unpaired) electrons. The lowest BCUT2D eigenvalue weighted by atomic mass is 10.0. The Morgan fingerprint density at radius 1 is 1.08 bits per heavy atom. The van der Waals surface area contributed by atoms with Crippen LogP contribution in [-0.4, -0.2) is 42.1 Å². The van der Waals surface area contributed by atoms with E-state index >= 15 is 0 Å². The first-order chi connectivity index (χ1) is 12.2. The lowest BCUT2D eigenvalue weighted by molar-refractivity contribution is 0.0175. The van der Waals surface area contributed by atoms with Crippen molar-refractivity contribution in [3.8, 4) is 11.5 Å². The SMILES string of the molecule is COc1cc2ccccc2cc1C(=O)N1CC(Oc2ccncc2)C1. The van der Waals surface area contributed by atoms with Crippen molar-refractivity contribution >= 4 is 16.7 Å². The van der Waals surface area contributed by atoms with Crippen LogP contribution in [0.1, 0.15) is 10.4 Å². The number of nitrogens with zero attached hydrogens (tertiary/aromatic N) is 2. The summed E-state index contributed by atoms with van der Waals surface area (Å²) in [7, 11) is 1.59. The van der Waals surface area contributed by atoms with Gasteiger partial charge in [0.05, 0.1) is 25.8 Å². The van der Waals surface area contributed by atoms with Crippen molar-refractivity contribution in [1.82, 2.24) is 9.88 Å². The highest BCUT2D eigenvalue weighted by Crippen LogP contribution is 2.29. The molecule has 0 spiro atoms. The molecule has 3 aromatic rings. The minimum absolute atomic E-state index is 0.0119. The average molecular weight is 334 g/mol. The Morgan fingerprint density at radius 2 is 1.76 bits per heavy atom. The van der Waals surface area contributed by atoms with Gasteiger partial charge < -0.3 is 14.4 Å². The standard InChI is InChI=1S/C20H18N2O3/c1-24-19-11-15-5-3-2-4-14(15)10-18(19)20(23)22-12-17(13-22)25-16-6-8-21-9-7-16/h2-11,17H,12-13H2,1H3. The molecule has 0 saturated carbocycles. The van der Waals surface area contributed by atoms with Crippen molar-refractivity contribution in [1.29, 1.82) is 0 Å². The van der Waals surface area contributed by atoms with Crippen molar-refractivity contribution in [2.75, 3.05) is 20.2 Å². The molecular weight excluding hydrogens is 316 g/mol. The maximum absolute atomic E-state index is 12.8. The van der Waals surface area contributed by atoms with Crippen LogP contribution in [0, 0.1) is 0 Å². The number of aromatic nitrogens is 1. The van der Waals surface area contributed by atoms with Gasteiger partial charge in [-0.25, -0.2) is 0 Å². The zero-order valence-electron chi connectivity index (χ0n) is 13.9. The van der Waals surface area contributed by atoms with Crippen LogP contribution in [0.15, 0.2) is 60.9 Å². The highest BCUT2D eigenvalue weighted by Gasteiger charge is 2.34. The van der Waals surface area contributed by atoms with Gasteiger partial charge in [0.25, 0.3) is 5.91 Å². The third-order valence-corrected chi connectivity index (χ3v) is 4.39. The number of amides is 1. The Labute approximate surface area is 145 Å². The summed E-state index contributed by atoms with van der Waals surface area (Å²) in [5.41, 5.74) is 0.587. The molecule has 4 rings (SSSR count). The topological polar surface area (TPSA) is 51.7 Å². The van der Waals surface area contributed by atoms with Crippen molar-refractivity contribution in [2.24, 2.45) is 0 Å². The van der Waals surface area contributed by atoms with Crippen LogP contribution in [0.4, 0.5) is 0 Å². The summed E-state index contributed by atoms with van der Waals surface area (Å²) in [6.45, 7) is 1.13. The maximum Gasteiger partial charge on any atom is 0.257 e. The van der Waals surface area contributed by atoms with E-state index in [-0.39, 0.29) is 12.0 Å². The first kappa shape index (κ1) is 15.4. The second kappa shape index (κ2) is 6.43. The number of likely N-dealkylation sites (tertiary alicyclic amines) is 1. The van der Waals surface area contributed by atoms with E-state index in [1.54, 1.807) is 24.4 Å². The summed E-state index contributed by atoms with van der Waals surface area (Å²) in [4.78, 5) is 18.6. The number of carbonyl (C=O) groups is 1. The molecule has 5 heteroatoms. The van der Waals surface area contributed by atoms with E-state index in [4.69, 9.17) is 9.47 Å². The lowest BCUT2D eigenvalue weighted by Crippen LogP contribution is -2.56. The van der Waals surface area contributed by atoms with E-state index < -0.39 is 0 Å². The van der Waals surface area contributed by atoms with Crippen LogP contribution < -0.4 is 9.47 Å². The first-order valence-electron chi connectivity index (χ1n) is 8.17. The van der Waals surface area contributed by atoms with E-state index in [0.29, 0.717) is 24.4 Å². The Hall–Kier alpha value is -3.08. The number of ether oxygens (including phenoxy) is 2. The molecule has 25 heavy (non-hydrogen) atoms. The number of benzene rings is 2. The summed E-state index contributed by atoms with van der Waals surface area (Å²) in [5, 5.41) is 2.08. The smallest absolute Gasteiger partial charge is 0.257 e. The number of methoxy groups -OCH3 is 1. The van der Waals surface area contributed by atoms with E-state index in [1.807, 2.05) is 48.5 Å². The zero-order chi connectivity index (χ0) is 17.2. The predicted octanol–water partition coefficient (Wildman–Crippen LogP) is 3.15. The van der Waals surface area contributed by atoms with Crippen LogP contribution in [0.25, 0.3) is 10.8 Å². The molecule has 1 aliphatic rings. The van der Waals surface area contributed by atoms with Crippen LogP contribution in [0.3, 0.4) is 0 Å². The molecule has 0 unspecified atom stereocenters. The van der Waals surface area contributed by atoms with Gasteiger partial charge >= 0.3 is 0 Å². The third-order valence-electron chi connectivity index (χ3n) is 4.39. The second-order valence-corrected chi connectivity index (χ2v) is 6.03. The molecule has 0 bridgehead atoms. The average Bonchev–Trinajstić information content (AvgIpc) is 2.63. The van der Waals surface area contributed by atoms with Crippen molar-refractivity contribution < 1.29 is 14.3 Å². The summed E-state index contributed by atoms with van der Waals surface area (Å²) in [6.07, 6.45) is 3.39. The van der Waals surface area contributed by atoms with E-state index in [1.165, 1.54) is 0 Å². The fraction of sp³-hybridized carbons (Fsp3) is 0.200. The number of fused-ring (bicyclic) bond motifs is 1.